The van der Waals surface area contributed by atoms with Gasteiger partial charge in [0.2, 0.25) is 5.91 Å². The Kier molecular flexibility index (Phi) is 9.73. The van der Waals surface area contributed by atoms with Gasteiger partial charge in [0.1, 0.15) is 5.69 Å². The largest absolute Gasteiger partial charge is 0.366 e. The Hall–Kier alpha value is -1.91. The Morgan fingerprint density at radius 1 is 1.04 bits per heavy atom. The zero-order valence-corrected chi connectivity index (χ0v) is 15.1. The van der Waals surface area contributed by atoms with E-state index < -0.39 is 5.91 Å². The lowest BCUT2D eigenvalue weighted by atomic mass is 9.99. The van der Waals surface area contributed by atoms with Gasteiger partial charge in [0.25, 0.3) is 5.91 Å². The van der Waals surface area contributed by atoms with Crippen molar-refractivity contribution >= 4 is 11.8 Å². The van der Waals surface area contributed by atoms with Gasteiger partial charge in [-0.25, -0.2) is 0 Å². The number of nitrogens with two attached hydrogens (primary N) is 1. The summed E-state index contributed by atoms with van der Waals surface area (Å²) < 4.78 is 0. The number of aromatic nitrogens is 1. The molecular weight excluding hydrogens is 302 g/mol. The van der Waals surface area contributed by atoms with Crippen molar-refractivity contribution < 1.29 is 9.59 Å². The summed E-state index contributed by atoms with van der Waals surface area (Å²) in [6.07, 6.45) is 11.1. The van der Waals surface area contributed by atoms with E-state index >= 15 is 0 Å². The molecule has 0 bridgehead atoms. The summed E-state index contributed by atoms with van der Waals surface area (Å²) in [5.74, 6) is -0.716. The fraction of sp³-hybridized carbons (Fsp3) is 0.632. The van der Waals surface area contributed by atoms with Crippen molar-refractivity contribution in [3.63, 3.8) is 0 Å². The molecule has 0 radical (unpaired) electrons. The first-order valence-electron chi connectivity index (χ1n) is 9.17. The Morgan fingerprint density at radius 3 is 2.38 bits per heavy atom. The maximum absolute atomic E-state index is 12.4. The average Bonchev–Trinajstić information content (AvgIpc) is 2.58. The fourth-order valence-electron chi connectivity index (χ4n) is 2.72. The van der Waals surface area contributed by atoms with Gasteiger partial charge in [-0.15, -0.1) is 0 Å². The highest BCUT2D eigenvalue weighted by atomic mass is 16.2. The second-order valence-electron chi connectivity index (χ2n) is 6.18. The van der Waals surface area contributed by atoms with E-state index in [1.165, 1.54) is 31.9 Å². The molecule has 5 heteroatoms. The van der Waals surface area contributed by atoms with Gasteiger partial charge in [-0.3, -0.25) is 14.6 Å². The minimum Gasteiger partial charge on any atom is -0.366 e. The number of primary amides is 1. The van der Waals surface area contributed by atoms with Gasteiger partial charge in [0.15, 0.2) is 0 Å². The van der Waals surface area contributed by atoms with Crippen LogP contribution in [0.4, 0.5) is 0 Å². The van der Waals surface area contributed by atoms with E-state index in [1.54, 1.807) is 6.07 Å². The first-order valence-corrected chi connectivity index (χ1v) is 9.17. The Labute approximate surface area is 145 Å². The van der Waals surface area contributed by atoms with Gasteiger partial charge in [0, 0.05) is 18.3 Å². The molecule has 0 aliphatic rings. The molecule has 1 heterocycles. The van der Waals surface area contributed by atoms with E-state index in [0.717, 1.165) is 25.7 Å². The quantitative estimate of drug-likeness (QED) is 0.573. The van der Waals surface area contributed by atoms with Crippen LogP contribution in [-0.4, -0.2) is 23.3 Å². The van der Waals surface area contributed by atoms with Gasteiger partial charge in [-0.05, 0) is 30.9 Å². The van der Waals surface area contributed by atoms with E-state index in [-0.39, 0.29) is 5.91 Å². The van der Waals surface area contributed by atoms with Crippen molar-refractivity contribution in [1.82, 2.24) is 10.3 Å². The molecule has 1 aromatic heterocycles. The van der Waals surface area contributed by atoms with Crippen LogP contribution in [0.15, 0.2) is 12.3 Å². The lowest BCUT2D eigenvalue weighted by molar-refractivity contribution is 0.0947. The Balaban J connectivity index is 2.62. The zero-order valence-electron chi connectivity index (χ0n) is 15.1. The molecular formula is C19H31N3O2. The van der Waals surface area contributed by atoms with Crippen LogP contribution in [-0.2, 0) is 6.42 Å². The van der Waals surface area contributed by atoms with Crippen molar-refractivity contribution in [1.29, 1.82) is 0 Å². The van der Waals surface area contributed by atoms with Gasteiger partial charge in [0.05, 0.1) is 0 Å². The predicted molar refractivity (Wildman–Crippen MR) is 97.1 cm³/mol. The molecule has 0 aliphatic carbocycles. The third kappa shape index (κ3) is 6.69. The van der Waals surface area contributed by atoms with Gasteiger partial charge in [-0.2, -0.15) is 0 Å². The molecule has 0 unspecified atom stereocenters. The molecule has 1 rings (SSSR count). The van der Waals surface area contributed by atoms with Crippen molar-refractivity contribution in [2.45, 2.75) is 71.6 Å². The topological polar surface area (TPSA) is 85.1 Å². The van der Waals surface area contributed by atoms with Crippen molar-refractivity contribution in [3.05, 3.63) is 29.1 Å². The average molecular weight is 333 g/mol. The summed E-state index contributed by atoms with van der Waals surface area (Å²) in [7, 11) is 0. The number of nitrogens with zero attached hydrogens (tertiary/aromatic N) is 1. The fourth-order valence-corrected chi connectivity index (χ4v) is 2.72. The summed E-state index contributed by atoms with van der Waals surface area (Å²) in [5.41, 5.74) is 6.85. The highest BCUT2D eigenvalue weighted by Crippen LogP contribution is 2.16. The third-order valence-electron chi connectivity index (χ3n) is 4.13. The standard InChI is InChI=1S/C19H31N3O2/c1-3-5-7-8-9-10-13-22-19(24)17-15(11-6-4-2)16(18(20)23)12-14-21-17/h12,14H,3-11,13H2,1-2H3,(H2,20,23)(H,22,24). The zero-order chi connectivity index (χ0) is 17.8. The van der Waals surface area contributed by atoms with Crippen LogP contribution in [0.1, 0.15) is 91.6 Å². The number of nitrogens with one attached hydrogen (secondary N) is 1. The number of amides is 2. The summed E-state index contributed by atoms with van der Waals surface area (Å²) in [6.45, 7) is 4.91. The number of hydrogen-bond acceptors (Lipinski definition) is 3. The molecule has 24 heavy (non-hydrogen) atoms. The number of pyridine rings is 1. The van der Waals surface area contributed by atoms with E-state index in [4.69, 9.17) is 5.73 Å². The van der Waals surface area contributed by atoms with E-state index in [9.17, 15) is 9.59 Å². The van der Waals surface area contributed by atoms with E-state index in [2.05, 4.69) is 24.1 Å². The van der Waals surface area contributed by atoms with Gasteiger partial charge >= 0.3 is 0 Å². The normalized spacial score (nSPS) is 10.6. The van der Waals surface area contributed by atoms with Crippen LogP contribution in [0.2, 0.25) is 0 Å². The van der Waals surface area contributed by atoms with Crippen molar-refractivity contribution in [2.24, 2.45) is 5.73 Å². The lowest BCUT2D eigenvalue weighted by Gasteiger charge is -2.12. The molecule has 0 aliphatic heterocycles. The summed E-state index contributed by atoms with van der Waals surface area (Å²) >= 11 is 0. The number of carbonyl (C=O) groups excluding carboxylic acids is 2. The van der Waals surface area contributed by atoms with Crippen LogP contribution in [0.25, 0.3) is 0 Å². The van der Waals surface area contributed by atoms with Crippen LogP contribution in [0.3, 0.4) is 0 Å². The predicted octanol–water partition coefficient (Wildman–Crippen LogP) is 3.61. The number of unbranched alkanes of at least 4 members (excludes halogenated alkanes) is 6. The van der Waals surface area contributed by atoms with Crippen molar-refractivity contribution in [3.8, 4) is 0 Å². The molecule has 134 valence electrons. The minimum absolute atomic E-state index is 0.210. The third-order valence-corrected chi connectivity index (χ3v) is 4.13. The van der Waals surface area contributed by atoms with E-state index in [0.29, 0.717) is 29.8 Å². The molecule has 1 aromatic rings. The van der Waals surface area contributed by atoms with Gasteiger partial charge < -0.3 is 11.1 Å². The maximum atomic E-state index is 12.4. The molecule has 0 fully saturated rings. The second-order valence-corrected chi connectivity index (χ2v) is 6.18. The van der Waals surface area contributed by atoms with Crippen LogP contribution >= 0.6 is 0 Å². The molecule has 0 spiro atoms. The maximum Gasteiger partial charge on any atom is 0.270 e. The first kappa shape index (κ1) is 20.1. The van der Waals surface area contributed by atoms with Crippen molar-refractivity contribution in [2.75, 3.05) is 6.54 Å². The Bertz CT molecular complexity index is 529. The highest BCUT2D eigenvalue weighted by Gasteiger charge is 2.18. The SMILES string of the molecule is CCCCCCCCNC(=O)c1nccc(C(N)=O)c1CCCC. The molecule has 0 saturated heterocycles. The summed E-state index contributed by atoms with van der Waals surface area (Å²) in [4.78, 5) is 28.2. The minimum atomic E-state index is -0.506. The van der Waals surface area contributed by atoms with Gasteiger partial charge in [-0.1, -0.05) is 52.4 Å². The highest BCUT2D eigenvalue weighted by molar-refractivity contribution is 6.00. The Morgan fingerprint density at radius 2 is 1.71 bits per heavy atom. The second kappa shape index (κ2) is 11.6. The lowest BCUT2D eigenvalue weighted by Crippen LogP contribution is -2.28. The molecule has 5 nitrogen and oxygen atoms in total. The summed E-state index contributed by atoms with van der Waals surface area (Å²) in [6, 6.07) is 1.60. The monoisotopic (exact) mass is 333 g/mol. The number of hydrogen-bond donors (Lipinski definition) is 2. The van der Waals surface area contributed by atoms with Crippen LogP contribution < -0.4 is 11.1 Å². The smallest absolute Gasteiger partial charge is 0.270 e. The molecule has 0 atom stereocenters. The number of carbonyl (C=O) groups is 2. The molecule has 0 saturated carbocycles. The first-order chi connectivity index (χ1) is 11.6. The molecule has 3 N–H and O–H groups in total. The molecule has 2 amide bonds. The molecule has 0 aromatic carbocycles. The summed E-state index contributed by atoms with van der Waals surface area (Å²) in [5, 5.41) is 2.92. The van der Waals surface area contributed by atoms with Crippen LogP contribution in [0.5, 0.6) is 0 Å². The number of rotatable bonds is 12. The van der Waals surface area contributed by atoms with Crippen LogP contribution in [0, 0.1) is 0 Å². The van der Waals surface area contributed by atoms with E-state index in [1.807, 2.05) is 0 Å².